The molecule has 23 heavy (non-hydrogen) atoms. The lowest BCUT2D eigenvalue weighted by atomic mass is 10.2. The third-order valence-electron chi connectivity index (χ3n) is 3.77. The summed E-state index contributed by atoms with van der Waals surface area (Å²) in [6.45, 7) is 0.908. The predicted molar refractivity (Wildman–Crippen MR) is 88.7 cm³/mol. The van der Waals surface area contributed by atoms with Gasteiger partial charge in [0.15, 0.2) is 0 Å². The number of hydrogen-bond acceptors (Lipinski definition) is 3. The first-order valence-electron chi connectivity index (χ1n) is 7.61. The molecule has 0 aliphatic carbocycles. The van der Waals surface area contributed by atoms with Crippen LogP contribution in [0.5, 0.6) is 0 Å². The van der Waals surface area contributed by atoms with Crippen LogP contribution in [0.2, 0.25) is 0 Å². The Morgan fingerprint density at radius 1 is 1.09 bits per heavy atom. The Bertz CT molecular complexity index is 783. The van der Waals surface area contributed by atoms with Crippen molar-refractivity contribution in [3.05, 3.63) is 66.4 Å². The van der Waals surface area contributed by atoms with E-state index in [1.807, 2.05) is 54.6 Å². The standard InChI is InChI=1S/C18H19N3O2/c22-11-10-20(13-15-6-2-1-3-7-15)18(23)14-21-17-9-5-4-8-16(17)12-19-21/h1-9,12,22H,10-11,13-14H2. The number of nitrogens with zero attached hydrogens (tertiary/aromatic N) is 3. The van der Waals surface area contributed by atoms with Crippen LogP contribution < -0.4 is 0 Å². The minimum Gasteiger partial charge on any atom is -0.395 e. The van der Waals surface area contributed by atoms with Gasteiger partial charge in [-0.2, -0.15) is 5.10 Å². The summed E-state index contributed by atoms with van der Waals surface area (Å²) in [5.74, 6) is -0.0586. The highest BCUT2D eigenvalue weighted by Gasteiger charge is 2.15. The maximum Gasteiger partial charge on any atom is 0.244 e. The van der Waals surface area contributed by atoms with Crippen molar-refractivity contribution in [3.8, 4) is 0 Å². The normalized spacial score (nSPS) is 10.8. The summed E-state index contributed by atoms with van der Waals surface area (Å²) < 4.78 is 1.70. The molecule has 2 aromatic carbocycles. The van der Waals surface area contributed by atoms with Crippen molar-refractivity contribution < 1.29 is 9.90 Å². The van der Waals surface area contributed by atoms with Crippen LogP contribution in [0, 0.1) is 0 Å². The first kappa shape index (κ1) is 15.2. The Kier molecular flexibility index (Phi) is 4.68. The van der Waals surface area contributed by atoms with Crippen LogP contribution in [-0.2, 0) is 17.9 Å². The van der Waals surface area contributed by atoms with Crippen LogP contribution in [0.3, 0.4) is 0 Å². The highest BCUT2D eigenvalue weighted by molar-refractivity contribution is 5.82. The molecule has 0 saturated carbocycles. The van der Waals surface area contributed by atoms with Crippen molar-refractivity contribution in [3.63, 3.8) is 0 Å². The van der Waals surface area contributed by atoms with Crippen molar-refractivity contribution in [2.24, 2.45) is 0 Å². The molecule has 0 unspecified atom stereocenters. The summed E-state index contributed by atoms with van der Waals surface area (Å²) in [7, 11) is 0. The van der Waals surface area contributed by atoms with Crippen molar-refractivity contribution in [2.75, 3.05) is 13.2 Å². The fourth-order valence-electron chi connectivity index (χ4n) is 2.60. The van der Waals surface area contributed by atoms with Crippen LogP contribution >= 0.6 is 0 Å². The van der Waals surface area contributed by atoms with Crippen molar-refractivity contribution in [1.29, 1.82) is 0 Å². The number of amides is 1. The molecule has 5 nitrogen and oxygen atoms in total. The van der Waals surface area contributed by atoms with Gasteiger partial charge in [-0.3, -0.25) is 9.48 Å². The molecule has 5 heteroatoms. The molecule has 0 saturated heterocycles. The second-order valence-electron chi connectivity index (χ2n) is 5.39. The van der Waals surface area contributed by atoms with E-state index < -0.39 is 0 Å². The highest BCUT2D eigenvalue weighted by atomic mass is 16.3. The van der Waals surface area contributed by atoms with E-state index in [-0.39, 0.29) is 19.1 Å². The minimum absolute atomic E-state index is 0.0571. The first-order chi connectivity index (χ1) is 11.3. The van der Waals surface area contributed by atoms with Crippen LogP contribution in [0.1, 0.15) is 5.56 Å². The summed E-state index contributed by atoms with van der Waals surface area (Å²) in [5.41, 5.74) is 1.98. The third-order valence-corrected chi connectivity index (χ3v) is 3.77. The van der Waals surface area contributed by atoms with E-state index in [4.69, 9.17) is 0 Å². The van der Waals surface area contributed by atoms with E-state index in [0.717, 1.165) is 16.5 Å². The zero-order valence-electron chi connectivity index (χ0n) is 12.8. The van der Waals surface area contributed by atoms with Gasteiger partial charge < -0.3 is 10.0 Å². The Morgan fingerprint density at radius 3 is 2.61 bits per heavy atom. The molecule has 1 amide bonds. The van der Waals surface area contributed by atoms with Crippen LogP contribution in [0.4, 0.5) is 0 Å². The molecule has 3 rings (SSSR count). The summed E-state index contributed by atoms with van der Waals surface area (Å²) >= 11 is 0. The molecule has 1 N–H and O–H groups in total. The largest absolute Gasteiger partial charge is 0.395 e. The van der Waals surface area contributed by atoms with E-state index in [1.54, 1.807) is 15.8 Å². The van der Waals surface area contributed by atoms with Gasteiger partial charge in [-0.15, -0.1) is 0 Å². The maximum atomic E-state index is 12.6. The lowest BCUT2D eigenvalue weighted by Gasteiger charge is -2.22. The number of benzene rings is 2. The summed E-state index contributed by atoms with van der Waals surface area (Å²) in [6.07, 6.45) is 1.76. The van der Waals surface area contributed by atoms with Crippen molar-refractivity contribution >= 4 is 16.8 Å². The van der Waals surface area contributed by atoms with Gasteiger partial charge in [0, 0.05) is 18.5 Å². The number of hydrogen-bond donors (Lipinski definition) is 1. The number of carbonyl (C=O) groups excluding carboxylic acids is 1. The van der Waals surface area contributed by atoms with Crippen molar-refractivity contribution in [2.45, 2.75) is 13.1 Å². The molecular weight excluding hydrogens is 290 g/mol. The van der Waals surface area contributed by atoms with Crippen LogP contribution in [0.25, 0.3) is 10.9 Å². The fraction of sp³-hybridized carbons (Fsp3) is 0.222. The Labute approximate surface area is 134 Å². The van der Waals surface area contributed by atoms with Gasteiger partial charge in [-0.05, 0) is 11.6 Å². The molecule has 0 atom stereocenters. The smallest absolute Gasteiger partial charge is 0.244 e. The summed E-state index contributed by atoms with van der Waals surface area (Å²) in [4.78, 5) is 14.3. The van der Waals surface area contributed by atoms with Gasteiger partial charge in [0.1, 0.15) is 6.54 Å². The van der Waals surface area contributed by atoms with Gasteiger partial charge >= 0.3 is 0 Å². The van der Waals surface area contributed by atoms with E-state index in [1.165, 1.54) is 0 Å². The minimum atomic E-state index is -0.0586. The maximum absolute atomic E-state index is 12.6. The molecule has 1 aromatic heterocycles. The third kappa shape index (κ3) is 3.57. The zero-order chi connectivity index (χ0) is 16.1. The molecule has 0 spiro atoms. The molecule has 0 aliphatic rings. The average Bonchev–Trinajstić information content (AvgIpc) is 2.99. The van der Waals surface area contributed by atoms with E-state index in [0.29, 0.717) is 13.1 Å². The Hall–Kier alpha value is -2.66. The van der Waals surface area contributed by atoms with Gasteiger partial charge in [0.05, 0.1) is 18.3 Å². The van der Waals surface area contributed by atoms with Gasteiger partial charge in [0.2, 0.25) is 5.91 Å². The number of fused-ring (bicyclic) bond motifs is 1. The first-order valence-corrected chi connectivity index (χ1v) is 7.61. The Balaban J connectivity index is 1.76. The monoisotopic (exact) mass is 309 g/mol. The molecule has 0 bridgehead atoms. The Morgan fingerprint density at radius 2 is 1.83 bits per heavy atom. The predicted octanol–water partition coefficient (Wildman–Crippen LogP) is 2.06. The average molecular weight is 309 g/mol. The summed E-state index contributed by atoms with van der Waals surface area (Å²) in [6, 6.07) is 17.6. The van der Waals surface area contributed by atoms with Crippen molar-refractivity contribution in [1.82, 2.24) is 14.7 Å². The number of para-hydroxylation sites is 1. The van der Waals surface area contributed by atoms with Crippen LogP contribution in [-0.4, -0.2) is 38.8 Å². The summed E-state index contributed by atoms with van der Waals surface area (Å²) in [5, 5.41) is 14.5. The van der Waals surface area contributed by atoms with Gasteiger partial charge in [-0.25, -0.2) is 0 Å². The topological polar surface area (TPSA) is 58.4 Å². The molecule has 118 valence electrons. The second-order valence-corrected chi connectivity index (χ2v) is 5.39. The zero-order valence-corrected chi connectivity index (χ0v) is 12.8. The molecule has 0 radical (unpaired) electrons. The lowest BCUT2D eigenvalue weighted by Crippen LogP contribution is -2.35. The van der Waals surface area contributed by atoms with Gasteiger partial charge in [0.25, 0.3) is 0 Å². The number of aliphatic hydroxyl groups excluding tert-OH is 1. The van der Waals surface area contributed by atoms with Gasteiger partial charge in [-0.1, -0.05) is 48.5 Å². The molecule has 0 fully saturated rings. The molecular formula is C18H19N3O2. The number of rotatable bonds is 6. The highest BCUT2D eigenvalue weighted by Crippen LogP contribution is 2.13. The molecule has 1 heterocycles. The number of carbonyl (C=O) groups is 1. The SMILES string of the molecule is O=C(Cn1ncc2ccccc21)N(CCO)Cc1ccccc1. The fourth-order valence-corrected chi connectivity index (χ4v) is 2.60. The van der Waals surface area contributed by atoms with E-state index in [2.05, 4.69) is 5.10 Å². The molecule has 3 aromatic rings. The van der Waals surface area contributed by atoms with E-state index >= 15 is 0 Å². The van der Waals surface area contributed by atoms with Crippen LogP contribution in [0.15, 0.2) is 60.8 Å². The van der Waals surface area contributed by atoms with E-state index in [9.17, 15) is 9.90 Å². The molecule has 0 aliphatic heterocycles. The number of aliphatic hydroxyl groups is 1. The number of aromatic nitrogens is 2. The quantitative estimate of drug-likeness (QED) is 0.758. The lowest BCUT2D eigenvalue weighted by molar-refractivity contribution is -0.133. The second kappa shape index (κ2) is 7.07.